The van der Waals surface area contributed by atoms with Gasteiger partial charge in [-0.3, -0.25) is 9.59 Å². The lowest BCUT2D eigenvalue weighted by Crippen LogP contribution is -2.30. The van der Waals surface area contributed by atoms with Gasteiger partial charge >= 0.3 is 0 Å². The molecule has 0 aromatic rings. The fourth-order valence-corrected chi connectivity index (χ4v) is 0.271. The SMILES string of the molecule is CC(=O)C(S)(S)C(=O)Cl. The summed E-state index contributed by atoms with van der Waals surface area (Å²) in [6.07, 6.45) is 0. The number of carbonyl (C=O) groups excluding carboxylic acids is 2. The molecule has 0 N–H and O–H groups in total. The summed E-state index contributed by atoms with van der Waals surface area (Å²) in [5, 5.41) is -0.873. The van der Waals surface area contributed by atoms with E-state index in [0.717, 1.165) is 0 Å². The highest BCUT2D eigenvalue weighted by atomic mass is 35.5. The predicted octanol–water partition coefficient (Wildman–Crippen LogP) is 0.897. The summed E-state index contributed by atoms with van der Waals surface area (Å²) in [4.78, 5) is 20.7. The van der Waals surface area contributed by atoms with Crippen LogP contribution in [0.3, 0.4) is 0 Å². The van der Waals surface area contributed by atoms with Crippen molar-refractivity contribution < 1.29 is 9.59 Å². The molecule has 0 aliphatic heterocycles. The summed E-state index contributed by atoms with van der Waals surface area (Å²) in [6, 6.07) is 0. The summed E-state index contributed by atoms with van der Waals surface area (Å²) in [7, 11) is 0. The molecular weight excluding hydrogens is 180 g/mol. The Labute approximate surface area is 68.8 Å². The molecule has 0 saturated heterocycles. The van der Waals surface area contributed by atoms with Gasteiger partial charge < -0.3 is 0 Å². The number of carbonyl (C=O) groups is 2. The van der Waals surface area contributed by atoms with Gasteiger partial charge in [-0.25, -0.2) is 0 Å². The first-order valence-corrected chi connectivity index (χ1v) is 3.32. The van der Waals surface area contributed by atoms with Crippen molar-refractivity contribution in [3.63, 3.8) is 0 Å². The molecule has 52 valence electrons. The van der Waals surface area contributed by atoms with Crippen LogP contribution in [0.25, 0.3) is 0 Å². The van der Waals surface area contributed by atoms with Gasteiger partial charge in [0.2, 0.25) is 0 Å². The first-order chi connectivity index (χ1) is 3.89. The maximum atomic E-state index is 10.4. The van der Waals surface area contributed by atoms with Crippen LogP contribution in [0.4, 0.5) is 0 Å². The van der Waals surface area contributed by atoms with Crippen molar-refractivity contribution in [2.75, 3.05) is 0 Å². The third kappa shape index (κ3) is 2.20. The number of thiol groups is 2. The first-order valence-electron chi connectivity index (χ1n) is 2.04. The van der Waals surface area contributed by atoms with Crippen LogP contribution in [-0.2, 0) is 9.59 Å². The van der Waals surface area contributed by atoms with E-state index in [1.54, 1.807) is 0 Å². The fraction of sp³-hybridized carbons (Fsp3) is 0.500. The van der Waals surface area contributed by atoms with Crippen molar-refractivity contribution in [2.24, 2.45) is 0 Å². The van der Waals surface area contributed by atoms with Crippen LogP contribution < -0.4 is 0 Å². The normalized spacial score (nSPS) is 11.1. The van der Waals surface area contributed by atoms with E-state index in [-0.39, 0.29) is 0 Å². The Morgan fingerprint density at radius 3 is 1.78 bits per heavy atom. The second-order valence-corrected chi connectivity index (χ2v) is 3.54. The van der Waals surface area contributed by atoms with Gasteiger partial charge in [0.1, 0.15) is 0 Å². The maximum absolute atomic E-state index is 10.4. The largest absolute Gasteiger partial charge is 0.297 e. The van der Waals surface area contributed by atoms with Crippen LogP contribution in [0, 0.1) is 0 Å². The van der Waals surface area contributed by atoms with Crippen molar-refractivity contribution in [2.45, 2.75) is 11.0 Å². The molecule has 0 radical (unpaired) electrons. The second kappa shape index (κ2) is 2.94. The minimum Gasteiger partial charge on any atom is -0.297 e. The lowest BCUT2D eigenvalue weighted by atomic mass is 10.3. The van der Waals surface area contributed by atoms with Crippen LogP contribution >= 0.6 is 36.9 Å². The van der Waals surface area contributed by atoms with Crippen molar-refractivity contribution in [1.82, 2.24) is 0 Å². The first kappa shape index (κ1) is 9.33. The zero-order valence-corrected chi connectivity index (χ0v) is 7.13. The minimum atomic E-state index is -1.62. The Morgan fingerprint density at radius 2 is 1.78 bits per heavy atom. The summed E-state index contributed by atoms with van der Waals surface area (Å²) in [6.45, 7) is 1.19. The molecule has 0 aliphatic carbocycles. The molecule has 0 rings (SSSR count). The molecule has 0 amide bonds. The van der Waals surface area contributed by atoms with Crippen LogP contribution in [-0.4, -0.2) is 15.1 Å². The Hall–Kier alpha value is 0.330. The summed E-state index contributed by atoms with van der Waals surface area (Å²) in [5.41, 5.74) is 0. The number of Topliss-reactive ketones (excluding diaryl/α,β-unsaturated/α-hetero) is 1. The van der Waals surface area contributed by atoms with Crippen molar-refractivity contribution >= 4 is 47.9 Å². The van der Waals surface area contributed by atoms with Crippen LogP contribution in [0.15, 0.2) is 0 Å². The van der Waals surface area contributed by atoms with Crippen molar-refractivity contribution in [1.29, 1.82) is 0 Å². The smallest absolute Gasteiger partial charge is 0.254 e. The van der Waals surface area contributed by atoms with Crippen LogP contribution in [0.2, 0.25) is 0 Å². The highest BCUT2D eigenvalue weighted by Gasteiger charge is 2.33. The van der Waals surface area contributed by atoms with E-state index in [0.29, 0.717) is 0 Å². The zero-order chi connectivity index (χ0) is 7.65. The number of hydrogen-bond acceptors (Lipinski definition) is 4. The van der Waals surface area contributed by atoms with Gasteiger partial charge in [0.25, 0.3) is 5.24 Å². The van der Waals surface area contributed by atoms with Gasteiger partial charge in [-0.15, -0.1) is 25.3 Å². The quantitative estimate of drug-likeness (QED) is 0.290. The fourth-order valence-electron chi connectivity index (χ4n) is 0.138. The molecule has 9 heavy (non-hydrogen) atoms. The van der Waals surface area contributed by atoms with E-state index >= 15 is 0 Å². The third-order valence-electron chi connectivity index (χ3n) is 0.765. The molecule has 0 unspecified atom stereocenters. The number of rotatable bonds is 2. The van der Waals surface area contributed by atoms with E-state index in [1.807, 2.05) is 0 Å². The average molecular weight is 185 g/mol. The number of ketones is 1. The summed E-state index contributed by atoms with van der Waals surface area (Å²) in [5.74, 6) is -0.478. The topological polar surface area (TPSA) is 34.1 Å². The molecule has 0 saturated carbocycles. The van der Waals surface area contributed by atoms with E-state index in [9.17, 15) is 9.59 Å². The lowest BCUT2D eigenvalue weighted by molar-refractivity contribution is -0.122. The van der Waals surface area contributed by atoms with Gasteiger partial charge in [0.05, 0.1) is 0 Å². The minimum absolute atomic E-state index is 0.478. The summed E-state index contributed by atoms with van der Waals surface area (Å²) >= 11 is 12.2. The zero-order valence-electron chi connectivity index (χ0n) is 4.59. The van der Waals surface area contributed by atoms with E-state index in [2.05, 4.69) is 25.3 Å². The van der Waals surface area contributed by atoms with Gasteiger partial charge in [0, 0.05) is 0 Å². The standard InChI is InChI=1S/C4H5ClO2S2/c1-2(6)4(8,9)3(5)7/h8-9H,1H3. The molecule has 0 fully saturated rings. The highest BCUT2D eigenvalue weighted by Crippen LogP contribution is 2.23. The molecule has 0 aromatic heterocycles. The van der Waals surface area contributed by atoms with Crippen molar-refractivity contribution in [3.05, 3.63) is 0 Å². The van der Waals surface area contributed by atoms with Crippen molar-refractivity contribution in [3.8, 4) is 0 Å². The van der Waals surface area contributed by atoms with Gasteiger partial charge in [-0.2, -0.15) is 0 Å². The van der Waals surface area contributed by atoms with Crippen LogP contribution in [0.5, 0.6) is 0 Å². The Balaban J connectivity index is 4.38. The molecule has 5 heteroatoms. The lowest BCUT2D eigenvalue weighted by Gasteiger charge is -2.11. The average Bonchev–Trinajstić information content (AvgIpc) is 1.65. The van der Waals surface area contributed by atoms with E-state index in [4.69, 9.17) is 11.6 Å². The maximum Gasteiger partial charge on any atom is 0.254 e. The molecule has 0 aromatic carbocycles. The second-order valence-electron chi connectivity index (χ2n) is 1.50. The monoisotopic (exact) mass is 184 g/mol. The highest BCUT2D eigenvalue weighted by molar-refractivity contribution is 8.03. The Kier molecular flexibility index (Phi) is 3.05. The van der Waals surface area contributed by atoms with E-state index < -0.39 is 15.1 Å². The number of hydrogen-bond donors (Lipinski definition) is 2. The third-order valence-corrected chi connectivity index (χ3v) is 2.35. The predicted molar refractivity (Wildman–Crippen MR) is 42.2 cm³/mol. The number of halogens is 1. The molecule has 2 nitrogen and oxygen atoms in total. The Bertz CT molecular complexity index is 139. The molecule has 0 heterocycles. The molecule has 0 bridgehead atoms. The van der Waals surface area contributed by atoms with Gasteiger partial charge in [-0.05, 0) is 18.5 Å². The molecule has 0 atom stereocenters. The molecular formula is C4H5ClO2S2. The van der Waals surface area contributed by atoms with Gasteiger partial charge in [-0.1, -0.05) is 0 Å². The van der Waals surface area contributed by atoms with Gasteiger partial charge in [0.15, 0.2) is 9.86 Å². The molecule has 0 spiro atoms. The van der Waals surface area contributed by atoms with Crippen LogP contribution in [0.1, 0.15) is 6.92 Å². The molecule has 0 aliphatic rings. The summed E-state index contributed by atoms with van der Waals surface area (Å²) < 4.78 is -1.62. The Morgan fingerprint density at radius 1 is 1.44 bits per heavy atom. The van der Waals surface area contributed by atoms with E-state index in [1.165, 1.54) is 6.92 Å².